The van der Waals surface area contributed by atoms with Crippen LogP contribution in [0.1, 0.15) is 21.5 Å². The van der Waals surface area contributed by atoms with Crippen molar-refractivity contribution in [1.82, 2.24) is 9.66 Å². The summed E-state index contributed by atoms with van der Waals surface area (Å²) in [4.78, 5) is 30.9. The second kappa shape index (κ2) is 10.3. The summed E-state index contributed by atoms with van der Waals surface area (Å²) in [6.45, 7) is 1.99. The number of carbonyl (C=O) groups excluding carboxylic acids is 1. The van der Waals surface area contributed by atoms with Gasteiger partial charge in [-0.3, -0.25) is 4.79 Å². The van der Waals surface area contributed by atoms with Gasteiger partial charge >= 0.3 is 5.97 Å². The van der Waals surface area contributed by atoms with E-state index < -0.39 is 5.97 Å². The highest BCUT2D eigenvalue weighted by molar-refractivity contribution is 5.93. The summed E-state index contributed by atoms with van der Waals surface area (Å²) < 4.78 is 12.1. The number of benzene rings is 4. The molecule has 7 heteroatoms. The molecule has 5 aromatic rings. The molecule has 0 radical (unpaired) electrons. The molecule has 0 bridgehead atoms. The van der Waals surface area contributed by atoms with E-state index in [0.717, 1.165) is 11.1 Å². The molecule has 0 aliphatic heterocycles. The van der Waals surface area contributed by atoms with Crippen molar-refractivity contribution in [3.8, 4) is 22.9 Å². The first-order valence-corrected chi connectivity index (χ1v) is 11.6. The zero-order valence-electron chi connectivity index (χ0n) is 20.3. The summed E-state index contributed by atoms with van der Waals surface area (Å²) in [7, 11) is 1.56. The van der Waals surface area contributed by atoms with Crippen LogP contribution in [0.15, 0.2) is 107 Å². The standard InChI is InChI=1S/C30H23N3O4/c1-20-11-13-21(14-12-20)28-32-26-9-5-4-8-25(26)29(34)33(28)31-19-23-7-3-6-10-27(23)37-30(35)22-15-17-24(36-2)18-16-22/h3-19H,1-2H3. The van der Waals surface area contributed by atoms with Gasteiger partial charge in [0, 0.05) is 11.1 Å². The fourth-order valence-corrected chi connectivity index (χ4v) is 3.81. The van der Waals surface area contributed by atoms with E-state index in [2.05, 4.69) is 5.10 Å². The van der Waals surface area contributed by atoms with E-state index in [4.69, 9.17) is 14.5 Å². The van der Waals surface area contributed by atoms with E-state index in [-0.39, 0.29) is 5.56 Å². The maximum atomic E-state index is 13.4. The second-order valence-corrected chi connectivity index (χ2v) is 8.34. The molecule has 37 heavy (non-hydrogen) atoms. The average molecular weight is 490 g/mol. The number of hydrogen-bond acceptors (Lipinski definition) is 6. The van der Waals surface area contributed by atoms with Gasteiger partial charge < -0.3 is 9.47 Å². The molecule has 7 nitrogen and oxygen atoms in total. The molecule has 182 valence electrons. The zero-order valence-corrected chi connectivity index (χ0v) is 20.3. The van der Waals surface area contributed by atoms with E-state index in [1.54, 1.807) is 73.8 Å². The Labute approximate surface area is 213 Å². The fraction of sp³-hybridized carbons (Fsp3) is 0.0667. The number of esters is 1. The first-order chi connectivity index (χ1) is 18.0. The Hall–Kier alpha value is -5.04. The van der Waals surface area contributed by atoms with E-state index >= 15 is 0 Å². The van der Waals surface area contributed by atoms with Crippen LogP contribution in [0.3, 0.4) is 0 Å². The molecular formula is C30H23N3O4. The topological polar surface area (TPSA) is 82.8 Å². The molecule has 0 saturated heterocycles. The van der Waals surface area contributed by atoms with Crippen LogP contribution in [0, 0.1) is 6.92 Å². The van der Waals surface area contributed by atoms with Gasteiger partial charge in [-0.2, -0.15) is 9.78 Å². The Balaban J connectivity index is 1.54. The van der Waals surface area contributed by atoms with Gasteiger partial charge in [0.2, 0.25) is 0 Å². The van der Waals surface area contributed by atoms with Crippen molar-refractivity contribution in [3.05, 3.63) is 124 Å². The highest BCUT2D eigenvalue weighted by atomic mass is 16.5. The van der Waals surface area contributed by atoms with Crippen LogP contribution in [-0.2, 0) is 0 Å². The fourth-order valence-electron chi connectivity index (χ4n) is 3.81. The molecule has 0 fully saturated rings. The van der Waals surface area contributed by atoms with Gasteiger partial charge in [0.15, 0.2) is 5.82 Å². The summed E-state index contributed by atoms with van der Waals surface area (Å²) in [6, 6.07) is 28.5. The van der Waals surface area contributed by atoms with Crippen molar-refractivity contribution in [1.29, 1.82) is 0 Å². The average Bonchev–Trinajstić information content (AvgIpc) is 2.93. The number of methoxy groups -OCH3 is 1. The third-order valence-corrected chi connectivity index (χ3v) is 5.82. The number of aryl methyl sites for hydroxylation is 1. The second-order valence-electron chi connectivity index (χ2n) is 8.34. The van der Waals surface area contributed by atoms with Crippen LogP contribution in [-0.4, -0.2) is 29.0 Å². The van der Waals surface area contributed by atoms with Gasteiger partial charge in [0.1, 0.15) is 11.5 Å². The quantitative estimate of drug-likeness (QED) is 0.179. The van der Waals surface area contributed by atoms with E-state index in [0.29, 0.717) is 39.4 Å². The summed E-state index contributed by atoms with van der Waals surface area (Å²) in [5.41, 5.74) is 3.04. The van der Waals surface area contributed by atoms with E-state index in [1.165, 1.54) is 10.9 Å². The number of rotatable bonds is 6. The predicted octanol–water partition coefficient (Wildman–Crippen LogP) is 5.48. The third-order valence-electron chi connectivity index (χ3n) is 5.82. The molecule has 0 amide bonds. The Morgan fingerprint density at radius 1 is 0.892 bits per heavy atom. The Bertz CT molecular complexity index is 1670. The zero-order chi connectivity index (χ0) is 25.8. The number of nitrogens with zero attached hydrogens (tertiary/aromatic N) is 3. The molecule has 0 N–H and O–H groups in total. The van der Waals surface area contributed by atoms with Crippen molar-refractivity contribution < 1.29 is 14.3 Å². The lowest BCUT2D eigenvalue weighted by Crippen LogP contribution is -2.20. The minimum absolute atomic E-state index is 0.301. The number of fused-ring (bicyclic) bond motifs is 1. The largest absolute Gasteiger partial charge is 0.497 e. The molecule has 0 unspecified atom stereocenters. The van der Waals surface area contributed by atoms with Crippen LogP contribution in [0.2, 0.25) is 0 Å². The molecule has 0 aliphatic rings. The number of hydrogen-bond donors (Lipinski definition) is 0. The molecule has 0 aliphatic carbocycles. The SMILES string of the molecule is COc1ccc(C(=O)Oc2ccccc2C=Nn2c(-c3ccc(C)cc3)nc3ccccc3c2=O)cc1. The Kier molecular flexibility index (Phi) is 6.59. The lowest BCUT2D eigenvalue weighted by Gasteiger charge is -2.11. The lowest BCUT2D eigenvalue weighted by molar-refractivity contribution is 0.0734. The molecule has 0 spiro atoms. The van der Waals surface area contributed by atoms with Crippen molar-refractivity contribution >= 4 is 23.1 Å². The summed E-state index contributed by atoms with van der Waals surface area (Å²) >= 11 is 0. The minimum atomic E-state index is -0.520. The first kappa shape index (κ1) is 23.7. The summed E-state index contributed by atoms with van der Waals surface area (Å²) in [5, 5.41) is 4.95. The van der Waals surface area contributed by atoms with Crippen molar-refractivity contribution in [3.63, 3.8) is 0 Å². The normalized spacial score (nSPS) is 11.1. The van der Waals surface area contributed by atoms with Crippen LogP contribution in [0.25, 0.3) is 22.3 Å². The number of carbonyl (C=O) groups is 1. The van der Waals surface area contributed by atoms with Gasteiger partial charge in [0.05, 0.1) is 29.8 Å². The van der Waals surface area contributed by atoms with Crippen LogP contribution in [0.5, 0.6) is 11.5 Å². The maximum Gasteiger partial charge on any atom is 0.343 e. The summed E-state index contributed by atoms with van der Waals surface area (Å²) in [6.07, 6.45) is 1.49. The Morgan fingerprint density at radius 3 is 2.35 bits per heavy atom. The number of aromatic nitrogens is 2. The summed E-state index contributed by atoms with van der Waals surface area (Å²) in [5.74, 6) is 0.842. The van der Waals surface area contributed by atoms with Gasteiger partial charge in [-0.15, -0.1) is 0 Å². The highest BCUT2D eigenvalue weighted by Crippen LogP contribution is 2.22. The van der Waals surface area contributed by atoms with Crippen LogP contribution >= 0.6 is 0 Å². The van der Waals surface area contributed by atoms with Crippen LogP contribution in [0.4, 0.5) is 0 Å². The molecule has 1 heterocycles. The van der Waals surface area contributed by atoms with Crippen LogP contribution < -0.4 is 15.0 Å². The van der Waals surface area contributed by atoms with E-state index in [9.17, 15) is 9.59 Å². The van der Waals surface area contributed by atoms with E-state index in [1.807, 2.05) is 37.3 Å². The van der Waals surface area contributed by atoms with Gasteiger partial charge in [-0.05, 0) is 55.5 Å². The number of ether oxygens (including phenoxy) is 2. The predicted molar refractivity (Wildman–Crippen MR) is 144 cm³/mol. The van der Waals surface area contributed by atoms with Crippen molar-refractivity contribution in [2.45, 2.75) is 6.92 Å². The Morgan fingerprint density at radius 2 is 1.59 bits per heavy atom. The van der Waals surface area contributed by atoms with Crippen molar-refractivity contribution in [2.24, 2.45) is 5.10 Å². The monoisotopic (exact) mass is 489 g/mol. The van der Waals surface area contributed by atoms with Gasteiger partial charge in [-0.25, -0.2) is 9.78 Å². The third kappa shape index (κ3) is 5.01. The molecule has 0 saturated carbocycles. The maximum absolute atomic E-state index is 13.4. The molecule has 1 aromatic heterocycles. The minimum Gasteiger partial charge on any atom is -0.497 e. The molecule has 0 atom stereocenters. The molecule has 5 rings (SSSR count). The van der Waals surface area contributed by atoms with Gasteiger partial charge in [-0.1, -0.05) is 54.1 Å². The first-order valence-electron chi connectivity index (χ1n) is 11.6. The molecular weight excluding hydrogens is 466 g/mol. The smallest absolute Gasteiger partial charge is 0.343 e. The van der Waals surface area contributed by atoms with Crippen molar-refractivity contribution in [2.75, 3.05) is 7.11 Å². The molecule has 4 aromatic carbocycles. The highest BCUT2D eigenvalue weighted by Gasteiger charge is 2.14. The lowest BCUT2D eigenvalue weighted by atomic mass is 10.1. The van der Waals surface area contributed by atoms with Gasteiger partial charge in [0.25, 0.3) is 5.56 Å². The number of para-hydroxylation sites is 2.